The fraction of sp³-hybridized carbons (Fsp3) is 1.00. The van der Waals surface area contributed by atoms with Crippen LogP contribution in [0.2, 0.25) is 0 Å². The Kier molecular flexibility index (Phi) is 5.82. The highest BCUT2D eigenvalue weighted by Crippen LogP contribution is 1.93. The number of hydrogen-bond acceptors (Lipinski definition) is 4. The van der Waals surface area contributed by atoms with Crippen LogP contribution in [-0.2, 0) is 10.1 Å². The molecule has 0 aliphatic rings. The van der Waals surface area contributed by atoms with Gasteiger partial charge in [0.25, 0.3) is 10.1 Å². The molecular weight excluding hydrogens is 218 g/mol. The van der Waals surface area contributed by atoms with Crippen LogP contribution in [-0.4, -0.2) is 60.9 Å². The summed E-state index contributed by atoms with van der Waals surface area (Å²) < 4.78 is 29.1. The summed E-state index contributed by atoms with van der Waals surface area (Å²) in [4.78, 5) is 1.58. The van der Waals surface area contributed by atoms with Gasteiger partial charge in [-0.2, -0.15) is 8.42 Å². The number of aliphatic hydroxyl groups excluding tert-OH is 1. The molecule has 0 spiro atoms. The Hall–Kier alpha value is 0.120. The van der Waals surface area contributed by atoms with Crippen LogP contribution in [0, 0.1) is 0 Å². The van der Waals surface area contributed by atoms with Crippen LogP contribution in [0.25, 0.3) is 0 Å². The molecule has 5 nitrogen and oxygen atoms in total. The molecule has 0 radical (unpaired) electrons. The lowest BCUT2D eigenvalue weighted by Crippen LogP contribution is -2.33. The van der Waals surface area contributed by atoms with Crippen LogP contribution >= 0.6 is 11.6 Å². The van der Waals surface area contributed by atoms with Crippen LogP contribution in [0.5, 0.6) is 0 Å². The first-order chi connectivity index (χ1) is 5.85. The van der Waals surface area contributed by atoms with Crippen molar-refractivity contribution in [3.8, 4) is 0 Å². The predicted molar refractivity (Wildman–Crippen MR) is 50.6 cm³/mol. The topological polar surface area (TPSA) is 77.8 Å². The number of likely N-dealkylation sites (N-methyl/N-ethyl adjacent to an activating group) is 1. The summed E-state index contributed by atoms with van der Waals surface area (Å²) in [5, 5.41) is 9.07. The molecule has 1 unspecified atom stereocenters. The average Bonchev–Trinajstić information content (AvgIpc) is 1.99. The van der Waals surface area contributed by atoms with E-state index in [4.69, 9.17) is 21.3 Å². The third-order valence-corrected chi connectivity index (χ3v) is 2.49. The Balaban J connectivity index is 3.69. The summed E-state index contributed by atoms with van der Waals surface area (Å²) in [7, 11) is -2.28. The third kappa shape index (κ3) is 8.45. The second-order valence-electron chi connectivity index (χ2n) is 2.86. The number of aliphatic hydroxyl groups is 1. The summed E-state index contributed by atoms with van der Waals surface area (Å²) in [6.07, 6.45) is -0.673. The Bertz CT molecular complexity index is 231. The van der Waals surface area contributed by atoms with Crippen LogP contribution < -0.4 is 0 Å². The molecule has 0 aliphatic carbocycles. The molecular formula is C6H14ClNO4S. The minimum Gasteiger partial charge on any atom is -0.391 e. The summed E-state index contributed by atoms with van der Waals surface area (Å²) in [6, 6.07) is 0. The standard InChI is InChI=1S/C6H14ClNO4S/c1-8(5-6(9)4-7)2-3-13(10,11)12/h6,9H,2-5H2,1H3,(H,10,11,12). The first-order valence-electron chi connectivity index (χ1n) is 3.73. The molecule has 1 atom stereocenters. The van der Waals surface area contributed by atoms with Gasteiger partial charge in [-0.3, -0.25) is 4.55 Å². The molecule has 0 amide bonds. The van der Waals surface area contributed by atoms with Gasteiger partial charge in [-0.1, -0.05) is 0 Å². The number of nitrogens with zero attached hydrogens (tertiary/aromatic N) is 1. The van der Waals surface area contributed by atoms with Crippen LogP contribution in [0.15, 0.2) is 0 Å². The maximum atomic E-state index is 10.3. The van der Waals surface area contributed by atoms with E-state index in [1.165, 1.54) is 0 Å². The van der Waals surface area contributed by atoms with Crippen molar-refractivity contribution in [2.75, 3.05) is 31.8 Å². The Morgan fingerprint density at radius 3 is 2.46 bits per heavy atom. The van der Waals surface area contributed by atoms with E-state index >= 15 is 0 Å². The largest absolute Gasteiger partial charge is 0.391 e. The van der Waals surface area contributed by atoms with E-state index in [1.807, 2.05) is 0 Å². The molecule has 0 aromatic heterocycles. The van der Waals surface area contributed by atoms with Crippen molar-refractivity contribution in [2.24, 2.45) is 0 Å². The van der Waals surface area contributed by atoms with Crippen molar-refractivity contribution in [2.45, 2.75) is 6.10 Å². The van der Waals surface area contributed by atoms with Crippen LogP contribution in [0.3, 0.4) is 0 Å². The second kappa shape index (κ2) is 5.77. The third-order valence-electron chi connectivity index (χ3n) is 1.43. The maximum absolute atomic E-state index is 10.3. The average molecular weight is 232 g/mol. The fourth-order valence-electron chi connectivity index (χ4n) is 0.771. The van der Waals surface area contributed by atoms with Crippen LogP contribution in [0.4, 0.5) is 0 Å². The van der Waals surface area contributed by atoms with Gasteiger partial charge >= 0.3 is 0 Å². The lowest BCUT2D eigenvalue weighted by Gasteiger charge is -2.17. The van der Waals surface area contributed by atoms with E-state index in [9.17, 15) is 8.42 Å². The minimum atomic E-state index is -3.92. The van der Waals surface area contributed by atoms with Crippen LogP contribution in [0.1, 0.15) is 0 Å². The van der Waals surface area contributed by atoms with Crippen molar-refractivity contribution >= 4 is 21.7 Å². The number of alkyl halides is 1. The van der Waals surface area contributed by atoms with Crippen molar-refractivity contribution in [3.63, 3.8) is 0 Å². The molecule has 0 aromatic rings. The monoisotopic (exact) mass is 231 g/mol. The number of hydrogen-bond donors (Lipinski definition) is 2. The van der Waals surface area contributed by atoms with E-state index in [2.05, 4.69) is 0 Å². The molecule has 0 rings (SSSR count). The van der Waals surface area contributed by atoms with E-state index < -0.39 is 16.2 Å². The molecule has 0 saturated heterocycles. The zero-order valence-corrected chi connectivity index (χ0v) is 8.92. The number of halogens is 1. The lowest BCUT2D eigenvalue weighted by atomic mass is 10.4. The quantitative estimate of drug-likeness (QED) is 0.472. The van der Waals surface area contributed by atoms with Gasteiger partial charge in [-0.05, 0) is 7.05 Å². The molecule has 13 heavy (non-hydrogen) atoms. The zero-order chi connectivity index (χ0) is 10.5. The van der Waals surface area contributed by atoms with Gasteiger partial charge in [0.05, 0.1) is 11.9 Å². The molecule has 2 N–H and O–H groups in total. The van der Waals surface area contributed by atoms with Crippen molar-refractivity contribution < 1.29 is 18.1 Å². The van der Waals surface area contributed by atoms with Gasteiger partial charge in [-0.15, -0.1) is 11.6 Å². The molecule has 7 heteroatoms. The smallest absolute Gasteiger partial charge is 0.266 e. The van der Waals surface area contributed by atoms with E-state index in [-0.39, 0.29) is 18.2 Å². The van der Waals surface area contributed by atoms with Gasteiger partial charge in [0.15, 0.2) is 0 Å². The fourth-order valence-corrected chi connectivity index (χ4v) is 1.41. The summed E-state index contributed by atoms with van der Waals surface area (Å²) in [5.74, 6) is -0.227. The SMILES string of the molecule is CN(CCS(=O)(=O)O)CC(O)CCl. The predicted octanol–water partition coefficient (Wildman–Crippen LogP) is -0.594. The van der Waals surface area contributed by atoms with E-state index in [1.54, 1.807) is 11.9 Å². The lowest BCUT2D eigenvalue weighted by molar-refractivity contribution is 0.147. The highest BCUT2D eigenvalue weighted by atomic mass is 35.5. The van der Waals surface area contributed by atoms with Gasteiger partial charge in [0.1, 0.15) is 0 Å². The zero-order valence-electron chi connectivity index (χ0n) is 7.35. The maximum Gasteiger partial charge on any atom is 0.266 e. The van der Waals surface area contributed by atoms with E-state index in [0.29, 0.717) is 6.54 Å². The first kappa shape index (κ1) is 13.1. The Morgan fingerprint density at radius 1 is 1.54 bits per heavy atom. The summed E-state index contributed by atoms with van der Waals surface area (Å²) in [6.45, 7) is 0.464. The Labute approximate surface area is 83.0 Å². The number of rotatable bonds is 6. The highest BCUT2D eigenvalue weighted by molar-refractivity contribution is 7.85. The minimum absolute atomic E-state index is 0.107. The normalized spacial score (nSPS) is 14.8. The first-order valence-corrected chi connectivity index (χ1v) is 5.87. The molecule has 0 fully saturated rings. The van der Waals surface area contributed by atoms with Gasteiger partial charge in [0.2, 0.25) is 0 Å². The van der Waals surface area contributed by atoms with Crippen molar-refractivity contribution in [1.82, 2.24) is 4.90 Å². The Morgan fingerprint density at radius 2 is 2.08 bits per heavy atom. The summed E-state index contributed by atoms with van der Waals surface area (Å²) in [5.41, 5.74) is 0. The van der Waals surface area contributed by atoms with Crippen molar-refractivity contribution in [3.05, 3.63) is 0 Å². The van der Waals surface area contributed by atoms with Gasteiger partial charge < -0.3 is 10.0 Å². The molecule has 0 heterocycles. The van der Waals surface area contributed by atoms with Gasteiger partial charge in [0, 0.05) is 19.0 Å². The molecule has 0 aliphatic heterocycles. The van der Waals surface area contributed by atoms with Gasteiger partial charge in [-0.25, -0.2) is 0 Å². The highest BCUT2D eigenvalue weighted by Gasteiger charge is 2.10. The van der Waals surface area contributed by atoms with E-state index in [0.717, 1.165) is 0 Å². The molecule has 80 valence electrons. The molecule has 0 bridgehead atoms. The molecule has 0 saturated carbocycles. The second-order valence-corrected chi connectivity index (χ2v) is 4.74. The van der Waals surface area contributed by atoms with Crippen molar-refractivity contribution in [1.29, 1.82) is 0 Å². The summed E-state index contributed by atoms with van der Waals surface area (Å²) >= 11 is 5.34. The molecule has 0 aromatic carbocycles.